The molecule has 0 bridgehead atoms. The average Bonchev–Trinajstić information content (AvgIpc) is 3.22. The number of methoxy groups -OCH3 is 2. The van der Waals surface area contributed by atoms with Gasteiger partial charge in [-0.2, -0.15) is 0 Å². The molecule has 2 amide bonds. The topological polar surface area (TPSA) is 97.4 Å². The van der Waals surface area contributed by atoms with E-state index < -0.39 is 5.97 Å². The second-order valence-electron chi connectivity index (χ2n) is 7.43. The molecule has 2 rings (SSSR count). The highest BCUT2D eigenvalue weighted by Crippen LogP contribution is 2.39. The van der Waals surface area contributed by atoms with E-state index in [0.29, 0.717) is 35.2 Å². The van der Waals surface area contributed by atoms with Crippen LogP contribution in [0.3, 0.4) is 0 Å². The van der Waals surface area contributed by atoms with Crippen LogP contribution in [0.25, 0.3) is 11.1 Å². The summed E-state index contributed by atoms with van der Waals surface area (Å²) < 4.78 is 15.9. The van der Waals surface area contributed by atoms with Crippen molar-refractivity contribution in [2.24, 2.45) is 0 Å². The molecular weight excluding hydrogens is 458 g/mol. The molecule has 9 nitrogen and oxygen atoms in total. The Balaban J connectivity index is 2.26. The number of thiophene rings is 1. The van der Waals surface area contributed by atoms with Crippen LogP contribution in [-0.2, 0) is 14.3 Å². The number of rotatable bonds is 12. The van der Waals surface area contributed by atoms with Gasteiger partial charge in [0.05, 0.1) is 33.9 Å². The number of carbonyl (C=O) groups excluding carboxylic acids is 3. The molecule has 0 aliphatic heterocycles. The van der Waals surface area contributed by atoms with Crippen LogP contribution in [0.1, 0.15) is 31.1 Å². The predicted octanol–water partition coefficient (Wildman–Crippen LogP) is 3.35. The van der Waals surface area contributed by atoms with Crippen LogP contribution in [0.5, 0.6) is 11.5 Å². The number of nitrogens with one attached hydrogen (secondary N) is 1. The van der Waals surface area contributed by atoms with E-state index in [2.05, 4.69) is 5.32 Å². The maximum Gasteiger partial charge on any atom is 0.341 e. The van der Waals surface area contributed by atoms with Gasteiger partial charge in [0.25, 0.3) is 0 Å². The molecular formula is C24H33N3O6S. The van der Waals surface area contributed by atoms with E-state index in [9.17, 15) is 14.4 Å². The Kier molecular flexibility index (Phi) is 10.3. The lowest BCUT2D eigenvalue weighted by molar-refractivity contribution is -0.132. The molecule has 1 aromatic heterocycles. The lowest BCUT2D eigenvalue weighted by atomic mass is 10.0. The van der Waals surface area contributed by atoms with Crippen LogP contribution in [0.2, 0.25) is 0 Å². The zero-order chi connectivity index (χ0) is 25.3. The van der Waals surface area contributed by atoms with Gasteiger partial charge in [-0.1, -0.05) is 6.07 Å². The first-order valence-corrected chi connectivity index (χ1v) is 11.9. The van der Waals surface area contributed by atoms with Crippen LogP contribution in [0.15, 0.2) is 23.6 Å². The Hall–Kier alpha value is -3.11. The van der Waals surface area contributed by atoms with Crippen molar-refractivity contribution in [1.29, 1.82) is 0 Å². The first-order chi connectivity index (χ1) is 16.3. The number of likely N-dealkylation sites (N-methyl/N-ethyl adjacent to an activating group) is 2. The quantitative estimate of drug-likeness (QED) is 0.455. The van der Waals surface area contributed by atoms with E-state index >= 15 is 0 Å². The predicted molar refractivity (Wildman–Crippen MR) is 133 cm³/mol. The standard InChI is InChI=1S/C24H33N3O6S/c1-7-27(8-2)21(29)14-26(4)13-20(28)25-23-22(24(30)33-9-3)17(15-34-23)16-10-11-18(31-5)19(12-16)32-6/h10-12,15H,7-9,13-14H2,1-6H3,(H,25,28). The Morgan fingerprint density at radius 3 is 2.26 bits per heavy atom. The summed E-state index contributed by atoms with van der Waals surface area (Å²) in [6.45, 7) is 7.11. The fourth-order valence-corrected chi connectivity index (χ4v) is 4.42. The van der Waals surface area contributed by atoms with Crippen molar-refractivity contribution in [3.63, 3.8) is 0 Å². The van der Waals surface area contributed by atoms with Gasteiger partial charge in [-0.05, 0) is 45.5 Å². The summed E-state index contributed by atoms with van der Waals surface area (Å²) in [6.07, 6.45) is 0. The van der Waals surface area contributed by atoms with Crippen molar-refractivity contribution < 1.29 is 28.6 Å². The van der Waals surface area contributed by atoms with Gasteiger partial charge >= 0.3 is 5.97 Å². The van der Waals surface area contributed by atoms with Crippen LogP contribution >= 0.6 is 11.3 Å². The molecule has 0 saturated carbocycles. The molecule has 0 fully saturated rings. The van der Waals surface area contributed by atoms with Crippen LogP contribution < -0.4 is 14.8 Å². The number of nitrogens with zero attached hydrogens (tertiary/aromatic N) is 2. The first-order valence-electron chi connectivity index (χ1n) is 11.1. The molecule has 0 aliphatic carbocycles. The van der Waals surface area contributed by atoms with E-state index in [4.69, 9.17) is 14.2 Å². The zero-order valence-electron chi connectivity index (χ0n) is 20.6. The molecule has 10 heteroatoms. The van der Waals surface area contributed by atoms with E-state index in [1.165, 1.54) is 18.4 Å². The summed E-state index contributed by atoms with van der Waals surface area (Å²) in [4.78, 5) is 41.2. The lowest BCUT2D eigenvalue weighted by Crippen LogP contribution is -2.41. The summed E-state index contributed by atoms with van der Waals surface area (Å²) in [6, 6.07) is 5.33. The Morgan fingerprint density at radius 2 is 1.68 bits per heavy atom. The monoisotopic (exact) mass is 491 g/mol. The van der Waals surface area contributed by atoms with Gasteiger partial charge in [-0.3, -0.25) is 14.5 Å². The van der Waals surface area contributed by atoms with Crippen molar-refractivity contribution in [1.82, 2.24) is 9.80 Å². The molecule has 0 unspecified atom stereocenters. The molecule has 186 valence electrons. The van der Waals surface area contributed by atoms with Gasteiger partial charge in [0, 0.05) is 24.0 Å². The van der Waals surface area contributed by atoms with E-state index in [1.807, 2.05) is 19.9 Å². The average molecular weight is 492 g/mol. The molecule has 1 aromatic carbocycles. The molecule has 0 saturated heterocycles. The van der Waals surface area contributed by atoms with Crippen molar-refractivity contribution in [2.75, 3.05) is 59.4 Å². The number of hydrogen-bond donors (Lipinski definition) is 1. The second-order valence-corrected chi connectivity index (χ2v) is 8.31. The van der Waals surface area contributed by atoms with Crippen molar-refractivity contribution in [3.8, 4) is 22.6 Å². The number of benzene rings is 1. The summed E-state index contributed by atoms with van der Waals surface area (Å²) in [5.41, 5.74) is 1.61. The third kappa shape index (κ3) is 6.71. The van der Waals surface area contributed by atoms with Crippen molar-refractivity contribution >= 4 is 34.1 Å². The molecule has 0 atom stereocenters. The Labute approximate surface area is 204 Å². The first kappa shape index (κ1) is 27.1. The Bertz CT molecular complexity index is 1000. The fraction of sp³-hybridized carbons (Fsp3) is 0.458. The maximum atomic E-state index is 12.8. The van der Waals surface area contributed by atoms with Gasteiger partial charge in [0.1, 0.15) is 10.6 Å². The minimum absolute atomic E-state index is 0.00113. The van der Waals surface area contributed by atoms with E-state index in [-0.39, 0.29) is 37.1 Å². The van der Waals surface area contributed by atoms with Crippen molar-refractivity contribution in [3.05, 3.63) is 29.1 Å². The number of ether oxygens (including phenoxy) is 3. The molecule has 0 aliphatic rings. The SMILES string of the molecule is CCOC(=O)c1c(-c2ccc(OC)c(OC)c2)csc1NC(=O)CN(C)CC(=O)N(CC)CC. The highest BCUT2D eigenvalue weighted by molar-refractivity contribution is 7.15. The van der Waals surface area contributed by atoms with Crippen LogP contribution in [-0.4, -0.2) is 81.6 Å². The molecule has 2 aromatic rings. The van der Waals surface area contributed by atoms with Crippen molar-refractivity contribution in [2.45, 2.75) is 20.8 Å². The maximum absolute atomic E-state index is 12.8. The van der Waals surface area contributed by atoms with E-state index in [1.54, 1.807) is 48.4 Å². The number of anilines is 1. The number of carbonyl (C=O) groups is 3. The smallest absolute Gasteiger partial charge is 0.341 e. The summed E-state index contributed by atoms with van der Waals surface area (Å²) in [5, 5.41) is 4.98. The number of amides is 2. The summed E-state index contributed by atoms with van der Waals surface area (Å²) in [5.74, 6) is 0.176. The van der Waals surface area contributed by atoms with Gasteiger partial charge in [-0.15, -0.1) is 11.3 Å². The minimum Gasteiger partial charge on any atom is -0.493 e. The minimum atomic E-state index is -0.533. The van der Waals surface area contributed by atoms with Gasteiger partial charge in [0.2, 0.25) is 11.8 Å². The highest BCUT2D eigenvalue weighted by Gasteiger charge is 2.24. The highest BCUT2D eigenvalue weighted by atomic mass is 32.1. The van der Waals surface area contributed by atoms with Crippen LogP contribution in [0.4, 0.5) is 5.00 Å². The fourth-order valence-electron chi connectivity index (χ4n) is 3.45. The lowest BCUT2D eigenvalue weighted by Gasteiger charge is -2.22. The zero-order valence-corrected chi connectivity index (χ0v) is 21.4. The van der Waals surface area contributed by atoms with Gasteiger partial charge < -0.3 is 24.4 Å². The molecule has 0 spiro atoms. The van der Waals surface area contributed by atoms with Gasteiger partial charge in [0.15, 0.2) is 11.5 Å². The second kappa shape index (κ2) is 13.0. The molecule has 1 N–H and O–H groups in total. The molecule has 0 radical (unpaired) electrons. The van der Waals surface area contributed by atoms with Crippen LogP contribution in [0, 0.1) is 0 Å². The third-order valence-electron chi connectivity index (χ3n) is 5.15. The molecule has 1 heterocycles. The normalized spacial score (nSPS) is 10.7. The summed E-state index contributed by atoms with van der Waals surface area (Å²) >= 11 is 1.23. The number of esters is 1. The third-order valence-corrected chi connectivity index (χ3v) is 6.05. The molecule has 34 heavy (non-hydrogen) atoms. The van der Waals surface area contributed by atoms with E-state index in [0.717, 1.165) is 5.56 Å². The number of hydrogen-bond acceptors (Lipinski definition) is 8. The largest absolute Gasteiger partial charge is 0.493 e. The Morgan fingerprint density at radius 1 is 1.00 bits per heavy atom. The summed E-state index contributed by atoms with van der Waals surface area (Å²) in [7, 11) is 4.79. The van der Waals surface area contributed by atoms with Gasteiger partial charge in [-0.25, -0.2) is 4.79 Å².